The van der Waals surface area contributed by atoms with Gasteiger partial charge in [0.15, 0.2) is 34.7 Å². The van der Waals surface area contributed by atoms with Crippen LogP contribution < -0.4 is 11.1 Å². The summed E-state index contributed by atoms with van der Waals surface area (Å²) in [6.45, 7) is 2.05. The minimum atomic E-state index is -3.08. The molecule has 3 aliphatic rings. The van der Waals surface area contributed by atoms with Gasteiger partial charge in [-0.05, 0) is 44.3 Å². The Labute approximate surface area is 259 Å². The third-order valence-corrected chi connectivity index (χ3v) is 9.47. The third-order valence-electron chi connectivity index (χ3n) is 9.47. The van der Waals surface area contributed by atoms with Crippen molar-refractivity contribution in [1.82, 2.24) is 9.80 Å². The number of aliphatic hydroxyl groups is 2. The predicted octanol–water partition coefficient (Wildman–Crippen LogP) is -0.531. The first-order valence-electron chi connectivity index (χ1n) is 14.5. The van der Waals surface area contributed by atoms with E-state index in [1.165, 1.54) is 31.1 Å². The molecule has 13 heteroatoms. The Bertz CT molecular complexity index is 1610. The number of Topliss-reactive ketones (excluding diaryl/α,β-unsaturated/α-hetero) is 4. The van der Waals surface area contributed by atoms with E-state index in [1.807, 2.05) is 30.3 Å². The largest absolute Gasteiger partial charge is 0.505 e. The second-order valence-electron chi connectivity index (χ2n) is 12.5. The molecule has 8 atom stereocenters. The van der Waals surface area contributed by atoms with E-state index in [0.717, 1.165) is 5.56 Å². The summed E-state index contributed by atoms with van der Waals surface area (Å²) in [5.74, 6) is -14.8. The number of carbonyl (C=O) groups excluding carboxylic acids is 6. The number of phenolic OH excluding ortho intramolecular Hbond substituents is 1. The van der Waals surface area contributed by atoms with Crippen molar-refractivity contribution in [2.24, 2.45) is 29.4 Å². The molecule has 0 radical (unpaired) electrons. The Morgan fingerprint density at radius 1 is 1.00 bits per heavy atom. The number of ketones is 4. The molecule has 2 fully saturated rings. The number of phenols is 1. The third kappa shape index (κ3) is 4.96. The number of anilines is 1. The van der Waals surface area contributed by atoms with Gasteiger partial charge in [0.05, 0.1) is 41.8 Å². The van der Waals surface area contributed by atoms with E-state index in [2.05, 4.69) is 5.32 Å². The maximum absolute atomic E-state index is 14.1. The van der Waals surface area contributed by atoms with E-state index < -0.39 is 88.0 Å². The molecule has 3 aliphatic carbocycles. The van der Waals surface area contributed by atoms with Crippen molar-refractivity contribution >= 4 is 40.6 Å². The number of benzene rings is 2. The first-order chi connectivity index (χ1) is 21.1. The molecular formula is C32H36N4O9. The first kappa shape index (κ1) is 32.1. The molecule has 0 spiro atoms. The SMILES string of the molecule is CC1c2ccc(NC(=O)CN(C)Cc3ccccc3)c(O)c2C(=O)C2C(=O)[C@]3(O)C(=O)C(C(N)=O)C(=O)[C@@H](N(C)C)C3C(O)C21. The van der Waals surface area contributed by atoms with Gasteiger partial charge in [-0.2, -0.15) is 0 Å². The lowest BCUT2D eigenvalue weighted by Gasteiger charge is -2.56. The number of aromatic hydroxyl groups is 1. The number of nitrogens with two attached hydrogens (primary N) is 1. The molecule has 238 valence electrons. The summed E-state index contributed by atoms with van der Waals surface area (Å²) in [5, 5.41) is 37.3. The van der Waals surface area contributed by atoms with E-state index in [1.54, 1.807) is 18.9 Å². The second-order valence-corrected chi connectivity index (χ2v) is 12.5. The predicted molar refractivity (Wildman–Crippen MR) is 159 cm³/mol. The highest BCUT2D eigenvalue weighted by molar-refractivity contribution is 6.32. The average molecular weight is 621 g/mol. The lowest BCUT2D eigenvalue weighted by atomic mass is 9.49. The van der Waals surface area contributed by atoms with Crippen molar-refractivity contribution in [2.75, 3.05) is 33.0 Å². The summed E-state index contributed by atoms with van der Waals surface area (Å²) in [4.78, 5) is 82.9. The van der Waals surface area contributed by atoms with E-state index in [4.69, 9.17) is 5.73 Å². The number of carbonyl (C=O) groups is 6. The van der Waals surface area contributed by atoms with Gasteiger partial charge in [-0.1, -0.05) is 43.3 Å². The average Bonchev–Trinajstić information content (AvgIpc) is 2.96. The summed E-state index contributed by atoms with van der Waals surface area (Å²) in [5.41, 5.74) is 3.14. The van der Waals surface area contributed by atoms with E-state index >= 15 is 0 Å². The number of primary amides is 1. The number of amides is 2. The van der Waals surface area contributed by atoms with Crippen molar-refractivity contribution in [3.05, 3.63) is 59.2 Å². The molecule has 0 aliphatic heterocycles. The Morgan fingerprint density at radius 2 is 1.64 bits per heavy atom. The fourth-order valence-electron chi connectivity index (χ4n) is 7.48. The van der Waals surface area contributed by atoms with Gasteiger partial charge >= 0.3 is 0 Å². The zero-order chi connectivity index (χ0) is 33.1. The fraction of sp³-hybridized carbons (Fsp3) is 0.438. The van der Waals surface area contributed by atoms with Crippen LogP contribution in [0.3, 0.4) is 0 Å². The molecule has 2 amide bonds. The maximum Gasteiger partial charge on any atom is 0.238 e. The molecule has 6 unspecified atom stereocenters. The quantitative estimate of drug-likeness (QED) is 0.196. The zero-order valence-corrected chi connectivity index (χ0v) is 25.3. The van der Waals surface area contributed by atoms with Crippen LogP contribution in [0.15, 0.2) is 42.5 Å². The van der Waals surface area contributed by atoms with Gasteiger partial charge in [0.1, 0.15) is 5.75 Å². The lowest BCUT2D eigenvalue weighted by Crippen LogP contribution is -2.77. The van der Waals surface area contributed by atoms with E-state index in [9.17, 15) is 44.1 Å². The fourth-order valence-corrected chi connectivity index (χ4v) is 7.48. The number of fused-ring (bicyclic) bond motifs is 3. The summed E-state index contributed by atoms with van der Waals surface area (Å²) >= 11 is 0. The van der Waals surface area contributed by atoms with Crippen molar-refractivity contribution in [1.29, 1.82) is 0 Å². The van der Waals surface area contributed by atoms with Crippen molar-refractivity contribution < 1.29 is 44.1 Å². The summed E-state index contributed by atoms with van der Waals surface area (Å²) in [7, 11) is 4.60. The van der Waals surface area contributed by atoms with Gasteiger partial charge in [0.25, 0.3) is 0 Å². The molecular weight excluding hydrogens is 584 g/mol. The molecule has 0 bridgehead atoms. The van der Waals surface area contributed by atoms with Crippen LogP contribution in [-0.4, -0.2) is 106 Å². The van der Waals surface area contributed by atoms with Gasteiger partial charge in [-0.25, -0.2) is 0 Å². The summed E-state index contributed by atoms with van der Waals surface area (Å²) in [6, 6.07) is 10.9. The van der Waals surface area contributed by atoms with Crippen LogP contribution in [0.4, 0.5) is 5.69 Å². The highest BCUT2D eigenvalue weighted by Crippen LogP contribution is 2.55. The van der Waals surface area contributed by atoms with Crippen molar-refractivity contribution in [3.63, 3.8) is 0 Å². The monoisotopic (exact) mass is 620 g/mol. The number of hydrogen-bond acceptors (Lipinski definition) is 11. The first-order valence-corrected chi connectivity index (χ1v) is 14.5. The number of hydrogen-bond donors (Lipinski definition) is 5. The Morgan fingerprint density at radius 3 is 2.24 bits per heavy atom. The number of aliphatic hydroxyl groups excluding tert-OH is 1. The van der Waals surface area contributed by atoms with Crippen LogP contribution in [0.25, 0.3) is 0 Å². The van der Waals surface area contributed by atoms with Crippen LogP contribution in [0, 0.1) is 23.7 Å². The Hall–Kier alpha value is -4.30. The van der Waals surface area contributed by atoms with Gasteiger partial charge in [0.2, 0.25) is 11.8 Å². The van der Waals surface area contributed by atoms with Crippen LogP contribution in [0.5, 0.6) is 5.75 Å². The molecule has 45 heavy (non-hydrogen) atoms. The standard InChI is InChI=1S/C32H36N4O9/c1-14-16-10-11-17(34-18(37)13-36(4)12-15-8-6-5-7-9-15)25(38)20(16)26(39)21-19(14)27(40)23-24(35(2)3)28(41)22(31(33)44)30(43)32(23,45)29(21)42/h5-11,14,19,21-24,27,38,40,45H,12-13H2,1-4H3,(H2,33,44)(H,34,37)/t14?,19?,21?,22?,23?,24-,27?,32-/m0/s1. The zero-order valence-electron chi connectivity index (χ0n) is 25.3. The summed E-state index contributed by atoms with van der Waals surface area (Å²) < 4.78 is 0. The molecule has 5 rings (SSSR count). The van der Waals surface area contributed by atoms with Gasteiger partial charge in [-0.3, -0.25) is 38.6 Å². The summed E-state index contributed by atoms with van der Waals surface area (Å²) in [6.07, 6.45) is -1.72. The Kier molecular flexibility index (Phi) is 8.25. The second kappa shape index (κ2) is 11.6. The van der Waals surface area contributed by atoms with Gasteiger partial charge in [-0.15, -0.1) is 0 Å². The van der Waals surface area contributed by atoms with Crippen molar-refractivity contribution in [3.8, 4) is 5.75 Å². The highest BCUT2D eigenvalue weighted by Gasteiger charge is 2.72. The van der Waals surface area contributed by atoms with Gasteiger partial charge < -0.3 is 26.4 Å². The number of nitrogens with zero attached hydrogens (tertiary/aromatic N) is 2. The van der Waals surface area contributed by atoms with Gasteiger partial charge in [0, 0.05) is 12.5 Å². The molecule has 0 heterocycles. The van der Waals surface area contributed by atoms with Crippen LogP contribution >= 0.6 is 0 Å². The molecule has 2 aromatic carbocycles. The van der Waals surface area contributed by atoms with E-state index in [0.29, 0.717) is 6.54 Å². The van der Waals surface area contributed by atoms with Crippen LogP contribution in [0.1, 0.15) is 34.3 Å². The smallest absolute Gasteiger partial charge is 0.238 e. The number of rotatable bonds is 7. The number of nitrogens with one attached hydrogen (secondary N) is 1. The molecule has 0 aromatic heterocycles. The molecule has 0 saturated heterocycles. The van der Waals surface area contributed by atoms with E-state index in [-0.39, 0.29) is 23.4 Å². The van der Waals surface area contributed by atoms with Crippen molar-refractivity contribution in [2.45, 2.75) is 37.1 Å². The van der Waals surface area contributed by atoms with Crippen LogP contribution in [-0.2, 0) is 30.5 Å². The normalized spacial score (nSPS) is 31.0. The molecule has 2 aromatic rings. The molecule has 2 saturated carbocycles. The molecule has 6 N–H and O–H groups in total. The molecule has 13 nitrogen and oxygen atoms in total. The minimum Gasteiger partial charge on any atom is -0.505 e. The highest BCUT2D eigenvalue weighted by atomic mass is 16.3. The Balaban J connectivity index is 1.49. The number of likely N-dealkylation sites (N-methyl/N-ethyl adjacent to an activating group) is 2. The maximum atomic E-state index is 14.1. The topological polar surface area (TPSA) is 208 Å². The van der Waals surface area contributed by atoms with Crippen LogP contribution in [0.2, 0.25) is 0 Å². The lowest BCUT2D eigenvalue weighted by molar-refractivity contribution is -0.196. The minimum absolute atomic E-state index is 0.0472.